The number of pyridine rings is 1. The number of hydrogen-bond acceptors (Lipinski definition) is 4. The van der Waals surface area contributed by atoms with Crippen LogP contribution in [0.4, 0.5) is 17.1 Å². The predicted octanol–water partition coefficient (Wildman–Crippen LogP) is 4.45. The molecule has 0 radical (unpaired) electrons. The number of aromatic nitrogens is 1. The van der Waals surface area contributed by atoms with Crippen LogP contribution in [-0.4, -0.2) is 9.49 Å². The second kappa shape index (κ2) is 7.17. The third-order valence-electron chi connectivity index (χ3n) is 4.11. The summed E-state index contributed by atoms with van der Waals surface area (Å²) in [4.78, 5) is 23.9. The van der Waals surface area contributed by atoms with Gasteiger partial charge in [-0.3, -0.25) is 14.9 Å². The first kappa shape index (κ1) is 16.7. The molecule has 3 rings (SSSR count). The van der Waals surface area contributed by atoms with Crippen LogP contribution in [-0.2, 0) is 6.54 Å². The largest absolute Gasteiger partial charge is 0.357 e. The fourth-order valence-electron chi connectivity index (χ4n) is 2.89. The highest BCUT2D eigenvalue weighted by atomic mass is 16.6. The average molecular weight is 337 g/mol. The van der Waals surface area contributed by atoms with Crippen molar-refractivity contribution in [2.24, 2.45) is 0 Å². The lowest BCUT2D eigenvalue weighted by Gasteiger charge is -2.15. The first-order valence-electron chi connectivity index (χ1n) is 8.25. The van der Waals surface area contributed by atoms with Gasteiger partial charge in [-0.2, -0.15) is 0 Å². The van der Waals surface area contributed by atoms with E-state index in [4.69, 9.17) is 0 Å². The molecule has 0 saturated heterocycles. The Morgan fingerprint density at radius 1 is 1.08 bits per heavy atom. The fraction of sp³-hybridized carbons (Fsp3) is 0.211. The smallest absolute Gasteiger partial charge is 0.349 e. The molecule has 0 spiro atoms. The molecule has 1 N–H and O–H groups in total. The minimum Gasteiger partial charge on any atom is -0.349 e. The Morgan fingerprint density at radius 3 is 2.44 bits per heavy atom. The van der Waals surface area contributed by atoms with Gasteiger partial charge in [0.25, 0.3) is 0 Å². The zero-order valence-electron chi connectivity index (χ0n) is 13.9. The van der Waals surface area contributed by atoms with Crippen LogP contribution >= 0.6 is 0 Å². The standard InChI is InChI=1S/C19H19N3O3/c1-2-3-13-21-16-12-8-7-11-15(16)17(18(19(21)23)22(24)25)20-14-9-5-4-6-10-14/h4-12,20H,2-3,13H2,1H3. The van der Waals surface area contributed by atoms with Gasteiger partial charge < -0.3 is 9.88 Å². The van der Waals surface area contributed by atoms with Gasteiger partial charge >= 0.3 is 11.2 Å². The number of rotatable bonds is 6. The Labute approximate surface area is 144 Å². The van der Waals surface area contributed by atoms with Gasteiger partial charge in [0.1, 0.15) is 5.69 Å². The van der Waals surface area contributed by atoms with E-state index in [-0.39, 0.29) is 5.69 Å². The third kappa shape index (κ3) is 3.24. The molecule has 0 aliphatic rings. The second-order valence-corrected chi connectivity index (χ2v) is 5.80. The van der Waals surface area contributed by atoms with Gasteiger partial charge in [-0.05, 0) is 24.6 Å². The summed E-state index contributed by atoms with van der Waals surface area (Å²) < 4.78 is 1.51. The van der Waals surface area contributed by atoms with Gasteiger partial charge in [0.15, 0.2) is 0 Å². The maximum atomic E-state index is 12.8. The van der Waals surface area contributed by atoms with Crippen molar-refractivity contribution in [3.8, 4) is 0 Å². The van der Waals surface area contributed by atoms with Gasteiger partial charge in [-0.15, -0.1) is 0 Å². The third-order valence-corrected chi connectivity index (χ3v) is 4.11. The number of hydrogen-bond donors (Lipinski definition) is 1. The summed E-state index contributed by atoms with van der Waals surface area (Å²) in [6, 6.07) is 16.4. The second-order valence-electron chi connectivity index (χ2n) is 5.80. The first-order valence-corrected chi connectivity index (χ1v) is 8.25. The zero-order valence-corrected chi connectivity index (χ0v) is 13.9. The molecule has 25 heavy (non-hydrogen) atoms. The van der Waals surface area contributed by atoms with Crippen molar-refractivity contribution in [1.29, 1.82) is 0 Å². The molecule has 0 saturated carbocycles. The van der Waals surface area contributed by atoms with Crippen molar-refractivity contribution in [1.82, 2.24) is 4.57 Å². The summed E-state index contributed by atoms with van der Waals surface area (Å²) in [7, 11) is 0. The lowest BCUT2D eigenvalue weighted by atomic mass is 10.1. The number of nitro groups is 1. The number of nitrogens with zero attached hydrogens (tertiary/aromatic N) is 2. The summed E-state index contributed by atoms with van der Waals surface area (Å²) >= 11 is 0. The number of unbranched alkanes of at least 4 members (excludes halogenated alkanes) is 1. The maximum absolute atomic E-state index is 12.8. The molecule has 0 aliphatic carbocycles. The van der Waals surface area contributed by atoms with E-state index in [0.717, 1.165) is 12.8 Å². The molecule has 1 aromatic heterocycles. The van der Waals surface area contributed by atoms with Crippen LogP contribution in [0.1, 0.15) is 19.8 Å². The van der Waals surface area contributed by atoms with E-state index in [0.29, 0.717) is 23.1 Å². The number of nitrogens with one attached hydrogen (secondary N) is 1. The summed E-state index contributed by atoms with van der Waals surface area (Å²) in [6.45, 7) is 2.48. The lowest BCUT2D eigenvalue weighted by molar-refractivity contribution is -0.385. The molecule has 1 heterocycles. The molecule has 0 amide bonds. The van der Waals surface area contributed by atoms with E-state index >= 15 is 0 Å². The normalized spacial score (nSPS) is 10.8. The summed E-state index contributed by atoms with van der Waals surface area (Å²) in [5.74, 6) is 0. The molecule has 128 valence electrons. The molecule has 3 aromatic rings. The number of benzene rings is 2. The molecule has 0 aliphatic heterocycles. The van der Waals surface area contributed by atoms with Gasteiger partial charge in [-0.1, -0.05) is 49.7 Å². The minimum atomic E-state index is -0.595. The van der Waals surface area contributed by atoms with E-state index in [1.54, 1.807) is 18.2 Å². The van der Waals surface area contributed by atoms with Crippen LogP contribution in [0.5, 0.6) is 0 Å². The van der Waals surface area contributed by atoms with Crippen molar-refractivity contribution in [2.75, 3.05) is 5.32 Å². The van der Waals surface area contributed by atoms with E-state index in [1.165, 1.54) is 4.57 Å². The Hall–Kier alpha value is -3.15. The predicted molar refractivity (Wildman–Crippen MR) is 99.5 cm³/mol. The van der Waals surface area contributed by atoms with Crippen LogP contribution in [0, 0.1) is 10.1 Å². The molecular formula is C19H19N3O3. The summed E-state index contributed by atoms with van der Waals surface area (Å²) in [5.41, 5.74) is 0.644. The highest BCUT2D eigenvalue weighted by molar-refractivity contribution is 5.97. The monoisotopic (exact) mass is 337 g/mol. The SMILES string of the molecule is CCCCn1c(=O)c([N+](=O)[O-])c(Nc2ccccc2)c2ccccc21. The Balaban J connectivity index is 2.29. The van der Waals surface area contributed by atoms with Gasteiger partial charge in [-0.25, -0.2) is 0 Å². The first-order chi connectivity index (χ1) is 12.1. The fourth-order valence-corrected chi connectivity index (χ4v) is 2.89. The number of aryl methyl sites for hydroxylation is 1. The van der Waals surface area contributed by atoms with Crippen LogP contribution in [0.15, 0.2) is 59.4 Å². The molecule has 2 aromatic carbocycles. The highest BCUT2D eigenvalue weighted by Gasteiger charge is 2.25. The van der Waals surface area contributed by atoms with E-state index in [9.17, 15) is 14.9 Å². The topological polar surface area (TPSA) is 77.2 Å². The molecule has 6 nitrogen and oxygen atoms in total. The number of para-hydroxylation sites is 2. The van der Waals surface area contributed by atoms with Crippen molar-refractivity contribution >= 4 is 28.0 Å². The van der Waals surface area contributed by atoms with Crippen molar-refractivity contribution in [3.05, 3.63) is 75.1 Å². The Bertz CT molecular complexity index is 965. The quantitative estimate of drug-likeness (QED) is 0.532. The minimum absolute atomic E-state index is 0.240. The molecular weight excluding hydrogens is 318 g/mol. The van der Waals surface area contributed by atoms with Gasteiger partial charge in [0.2, 0.25) is 0 Å². The van der Waals surface area contributed by atoms with Gasteiger partial charge in [0, 0.05) is 17.6 Å². The van der Waals surface area contributed by atoms with Crippen LogP contribution in [0.25, 0.3) is 10.9 Å². The maximum Gasteiger partial charge on any atom is 0.357 e. The van der Waals surface area contributed by atoms with Crippen molar-refractivity contribution < 1.29 is 4.92 Å². The molecule has 6 heteroatoms. The Morgan fingerprint density at radius 2 is 1.76 bits per heavy atom. The summed E-state index contributed by atoms with van der Waals surface area (Å²) in [6.07, 6.45) is 1.69. The molecule has 0 atom stereocenters. The van der Waals surface area contributed by atoms with E-state index in [2.05, 4.69) is 5.32 Å². The van der Waals surface area contributed by atoms with Crippen molar-refractivity contribution in [2.45, 2.75) is 26.3 Å². The lowest BCUT2D eigenvalue weighted by Crippen LogP contribution is -2.24. The van der Waals surface area contributed by atoms with E-state index < -0.39 is 16.2 Å². The Kier molecular flexibility index (Phi) is 4.79. The van der Waals surface area contributed by atoms with Crippen LogP contribution < -0.4 is 10.9 Å². The number of anilines is 2. The van der Waals surface area contributed by atoms with Crippen molar-refractivity contribution in [3.63, 3.8) is 0 Å². The van der Waals surface area contributed by atoms with Crippen LogP contribution in [0.2, 0.25) is 0 Å². The molecule has 0 fully saturated rings. The molecule has 0 bridgehead atoms. The summed E-state index contributed by atoms with van der Waals surface area (Å²) in [5, 5.41) is 15.4. The van der Waals surface area contributed by atoms with E-state index in [1.807, 2.05) is 43.3 Å². The highest BCUT2D eigenvalue weighted by Crippen LogP contribution is 2.32. The van der Waals surface area contributed by atoms with Gasteiger partial charge in [0.05, 0.1) is 10.4 Å². The average Bonchev–Trinajstić information content (AvgIpc) is 2.62. The van der Waals surface area contributed by atoms with Crippen LogP contribution in [0.3, 0.4) is 0 Å². The molecule has 0 unspecified atom stereocenters. The number of fused-ring (bicyclic) bond motifs is 1. The zero-order chi connectivity index (χ0) is 17.8.